The zero-order valence-corrected chi connectivity index (χ0v) is 12.3. The molecule has 0 radical (unpaired) electrons. The van der Waals surface area contributed by atoms with E-state index in [1.54, 1.807) is 12.1 Å². The first-order valence-electron chi connectivity index (χ1n) is 7.92. The second-order valence-electron chi connectivity index (χ2n) is 6.21. The highest BCUT2D eigenvalue weighted by Crippen LogP contribution is 2.48. The Kier molecular flexibility index (Phi) is 2.99. The molecule has 4 rings (SSSR count). The Hall–Kier alpha value is -1.83. The Bertz CT molecular complexity index is 692. The minimum atomic E-state index is -0.104. The summed E-state index contributed by atoms with van der Waals surface area (Å²) in [5.41, 5.74) is 6.78. The number of halogens is 1. The molecule has 2 aromatic rings. The number of aryl methyl sites for hydroxylation is 2. The molecular weight excluding hydrogens is 261 g/mol. The van der Waals surface area contributed by atoms with Crippen LogP contribution in [0.25, 0.3) is 0 Å². The molecule has 0 spiro atoms. The summed E-state index contributed by atoms with van der Waals surface area (Å²) in [5.74, 6) is 0.951. The van der Waals surface area contributed by atoms with Gasteiger partial charge in [-0.15, -0.1) is 0 Å². The second kappa shape index (κ2) is 4.87. The molecule has 0 saturated carbocycles. The molecule has 21 heavy (non-hydrogen) atoms. The number of rotatable bonds is 2. The van der Waals surface area contributed by atoms with Crippen LogP contribution in [0.5, 0.6) is 0 Å². The van der Waals surface area contributed by atoms with Crippen molar-refractivity contribution >= 4 is 5.69 Å². The fourth-order valence-electron chi connectivity index (χ4n) is 4.16. The summed E-state index contributed by atoms with van der Waals surface area (Å²) in [4.78, 5) is 0. The molecular formula is C19H20FN. The van der Waals surface area contributed by atoms with Crippen LogP contribution in [0, 0.1) is 5.82 Å². The fraction of sp³-hybridized carbons (Fsp3) is 0.368. The van der Waals surface area contributed by atoms with E-state index < -0.39 is 0 Å². The summed E-state index contributed by atoms with van der Waals surface area (Å²) < 4.78 is 13.4. The summed E-state index contributed by atoms with van der Waals surface area (Å²) >= 11 is 0. The maximum absolute atomic E-state index is 13.4. The highest BCUT2D eigenvalue weighted by Gasteiger charge is 2.35. The third-order valence-electron chi connectivity index (χ3n) is 5.18. The average molecular weight is 281 g/mol. The molecule has 1 aliphatic carbocycles. The predicted octanol–water partition coefficient (Wildman–Crippen LogP) is 4.63. The third kappa shape index (κ3) is 1.97. The molecule has 0 bridgehead atoms. The van der Waals surface area contributed by atoms with Crippen molar-refractivity contribution in [1.82, 2.24) is 0 Å². The van der Waals surface area contributed by atoms with Gasteiger partial charge in [-0.3, -0.25) is 0 Å². The van der Waals surface area contributed by atoms with E-state index in [1.165, 1.54) is 27.9 Å². The average Bonchev–Trinajstić information content (AvgIpc) is 3.09. The van der Waals surface area contributed by atoms with Gasteiger partial charge in [0, 0.05) is 18.2 Å². The predicted molar refractivity (Wildman–Crippen MR) is 84.5 cm³/mol. The first-order valence-corrected chi connectivity index (χ1v) is 7.92. The topological polar surface area (TPSA) is 12.0 Å². The van der Waals surface area contributed by atoms with E-state index in [2.05, 4.69) is 30.4 Å². The standard InChI is InChI=1S/C19H20FN/c1-2-12-4-3-5-17-18(11-21-19(12)17)16-8-6-13-10-14(20)7-9-15(13)16/h3-5,7,9-10,16,18,21H,2,6,8,11H2,1H3. The van der Waals surface area contributed by atoms with Crippen molar-refractivity contribution in [2.45, 2.75) is 38.0 Å². The van der Waals surface area contributed by atoms with E-state index in [9.17, 15) is 4.39 Å². The number of benzene rings is 2. The Labute approximate surface area is 125 Å². The van der Waals surface area contributed by atoms with Gasteiger partial charge in [-0.25, -0.2) is 4.39 Å². The lowest BCUT2D eigenvalue weighted by Crippen LogP contribution is -2.11. The Morgan fingerprint density at radius 2 is 2.05 bits per heavy atom. The van der Waals surface area contributed by atoms with Gasteiger partial charge in [-0.2, -0.15) is 0 Å². The number of nitrogens with one attached hydrogen (secondary N) is 1. The van der Waals surface area contributed by atoms with Crippen molar-refractivity contribution < 1.29 is 4.39 Å². The van der Waals surface area contributed by atoms with E-state index in [-0.39, 0.29) is 5.82 Å². The van der Waals surface area contributed by atoms with Gasteiger partial charge in [0.25, 0.3) is 0 Å². The van der Waals surface area contributed by atoms with Gasteiger partial charge < -0.3 is 5.32 Å². The lowest BCUT2D eigenvalue weighted by atomic mass is 9.83. The van der Waals surface area contributed by atoms with Gasteiger partial charge in [0.1, 0.15) is 5.82 Å². The largest absolute Gasteiger partial charge is 0.384 e. The van der Waals surface area contributed by atoms with E-state index in [1.807, 2.05) is 6.07 Å². The molecule has 2 aliphatic rings. The summed E-state index contributed by atoms with van der Waals surface area (Å²) in [6, 6.07) is 12.0. The van der Waals surface area contributed by atoms with Gasteiger partial charge in [0.15, 0.2) is 0 Å². The van der Waals surface area contributed by atoms with Gasteiger partial charge >= 0.3 is 0 Å². The molecule has 1 N–H and O–H groups in total. The monoisotopic (exact) mass is 281 g/mol. The van der Waals surface area contributed by atoms with Crippen LogP contribution in [0.4, 0.5) is 10.1 Å². The van der Waals surface area contributed by atoms with Crippen LogP contribution in [-0.4, -0.2) is 6.54 Å². The number of hydrogen-bond acceptors (Lipinski definition) is 1. The Balaban J connectivity index is 1.73. The summed E-state index contributed by atoms with van der Waals surface area (Å²) in [5, 5.41) is 3.61. The van der Waals surface area contributed by atoms with Crippen molar-refractivity contribution in [3.8, 4) is 0 Å². The fourth-order valence-corrected chi connectivity index (χ4v) is 4.16. The maximum Gasteiger partial charge on any atom is 0.123 e. The van der Waals surface area contributed by atoms with Crippen molar-refractivity contribution in [2.75, 3.05) is 11.9 Å². The molecule has 1 nitrogen and oxygen atoms in total. The van der Waals surface area contributed by atoms with Gasteiger partial charge in [-0.1, -0.05) is 31.2 Å². The van der Waals surface area contributed by atoms with Crippen molar-refractivity contribution in [3.05, 3.63) is 64.5 Å². The SMILES string of the molecule is CCc1cccc2c1NCC2C1CCc2cc(F)ccc21. The van der Waals surface area contributed by atoms with Crippen LogP contribution in [0.15, 0.2) is 36.4 Å². The molecule has 0 amide bonds. The van der Waals surface area contributed by atoms with Crippen molar-refractivity contribution in [2.24, 2.45) is 0 Å². The highest BCUT2D eigenvalue weighted by molar-refractivity contribution is 5.64. The normalized spacial score (nSPS) is 22.8. The molecule has 2 aromatic carbocycles. The van der Waals surface area contributed by atoms with Crippen molar-refractivity contribution in [3.63, 3.8) is 0 Å². The number of para-hydroxylation sites is 1. The van der Waals surface area contributed by atoms with Crippen LogP contribution in [0.1, 0.15) is 47.4 Å². The Morgan fingerprint density at radius 1 is 1.14 bits per heavy atom. The van der Waals surface area contributed by atoms with Crippen molar-refractivity contribution in [1.29, 1.82) is 0 Å². The van der Waals surface area contributed by atoms with E-state index >= 15 is 0 Å². The molecule has 2 heteroatoms. The zero-order chi connectivity index (χ0) is 14.4. The molecule has 1 heterocycles. The minimum Gasteiger partial charge on any atom is -0.384 e. The van der Waals surface area contributed by atoms with E-state index in [0.29, 0.717) is 11.8 Å². The van der Waals surface area contributed by atoms with Crippen LogP contribution < -0.4 is 5.32 Å². The van der Waals surface area contributed by atoms with Gasteiger partial charge in [-0.05, 0) is 59.6 Å². The lowest BCUT2D eigenvalue weighted by molar-refractivity contribution is 0.569. The molecule has 2 atom stereocenters. The summed E-state index contributed by atoms with van der Waals surface area (Å²) in [6.07, 6.45) is 3.22. The first-order chi connectivity index (χ1) is 10.3. The molecule has 0 aromatic heterocycles. The molecule has 0 saturated heterocycles. The number of hydrogen-bond donors (Lipinski definition) is 1. The smallest absolute Gasteiger partial charge is 0.123 e. The Morgan fingerprint density at radius 3 is 2.90 bits per heavy atom. The molecule has 1 aliphatic heterocycles. The lowest BCUT2D eigenvalue weighted by Gasteiger charge is -2.20. The van der Waals surface area contributed by atoms with Crippen LogP contribution >= 0.6 is 0 Å². The second-order valence-corrected chi connectivity index (χ2v) is 6.21. The molecule has 0 fully saturated rings. The van der Waals surface area contributed by atoms with E-state index in [0.717, 1.165) is 25.8 Å². The quantitative estimate of drug-likeness (QED) is 0.846. The number of fused-ring (bicyclic) bond motifs is 2. The number of anilines is 1. The third-order valence-corrected chi connectivity index (χ3v) is 5.18. The summed E-state index contributed by atoms with van der Waals surface area (Å²) in [6.45, 7) is 3.21. The van der Waals surface area contributed by atoms with Crippen LogP contribution in [0.3, 0.4) is 0 Å². The molecule has 108 valence electrons. The van der Waals surface area contributed by atoms with E-state index in [4.69, 9.17) is 0 Å². The molecule has 2 unspecified atom stereocenters. The highest BCUT2D eigenvalue weighted by atomic mass is 19.1. The zero-order valence-electron chi connectivity index (χ0n) is 12.3. The summed E-state index contributed by atoms with van der Waals surface area (Å²) in [7, 11) is 0. The minimum absolute atomic E-state index is 0.104. The van der Waals surface area contributed by atoms with Gasteiger partial charge in [0.2, 0.25) is 0 Å². The van der Waals surface area contributed by atoms with Gasteiger partial charge in [0.05, 0.1) is 0 Å². The van der Waals surface area contributed by atoms with Crippen LogP contribution in [-0.2, 0) is 12.8 Å². The first kappa shape index (κ1) is 12.9. The van der Waals surface area contributed by atoms with Crippen LogP contribution in [0.2, 0.25) is 0 Å². The maximum atomic E-state index is 13.4.